The first-order chi connectivity index (χ1) is 19.6. The number of anilines is 2. The van der Waals surface area contributed by atoms with E-state index in [1.54, 1.807) is 4.57 Å². The molecule has 0 bridgehead atoms. The number of phosphoric acid groups is 1. The van der Waals surface area contributed by atoms with Gasteiger partial charge in [0.15, 0.2) is 35.1 Å². The molecule has 220 valence electrons. The van der Waals surface area contributed by atoms with Crippen molar-refractivity contribution in [1.82, 2.24) is 39.0 Å². The SMILES string of the molecule is CO[C@H]1O[C@@H](n2cnc3c(=O)[nH]c(N)nc32)C(OP(=O)(O)OC[C@H]2O[C@@H](n3cnc4c(N)ncnc43)CC2O)C1O. The number of aromatic nitrogens is 8. The number of nitrogens with two attached hydrogens (primary N) is 2. The molecule has 2 fully saturated rings. The second kappa shape index (κ2) is 10.4. The van der Waals surface area contributed by atoms with E-state index in [0.717, 1.165) is 0 Å². The molecule has 8 N–H and O–H groups in total. The van der Waals surface area contributed by atoms with Crippen LogP contribution in [0.3, 0.4) is 0 Å². The summed E-state index contributed by atoms with van der Waals surface area (Å²) in [6.45, 7) is -0.557. The van der Waals surface area contributed by atoms with E-state index in [2.05, 4.69) is 29.9 Å². The minimum absolute atomic E-state index is 0.0323. The molecular weight excluding hydrogens is 571 g/mol. The Bertz CT molecular complexity index is 1690. The maximum Gasteiger partial charge on any atom is 0.472 e. The first kappa shape index (κ1) is 27.6. The Balaban J connectivity index is 1.17. The molecule has 4 aromatic heterocycles. The van der Waals surface area contributed by atoms with E-state index >= 15 is 0 Å². The van der Waals surface area contributed by atoms with Crippen molar-refractivity contribution in [3.8, 4) is 0 Å². The Kier molecular flexibility index (Phi) is 6.96. The third-order valence-electron chi connectivity index (χ3n) is 6.69. The Morgan fingerprint density at radius 2 is 1.88 bits per heavy atom. The van der Waals surface area contributed by atoms with Crippen LogP contribution in [0.25, 0.3) is 22.3 Å². The number of nitrogens with one attached hydrogen (secondary N) is 1. The molecule has 2 aliphatic rings. The summed E-state index contributed by atoms with van der Waals surface area (Å²) in [5.74, 6) is -0.0415. The molecule has 0 aliphatic carbocycles. The van der Waals surface area contributed by atoms with Gasteiger partial charge in [0.05, 0.1) is 25.4 Å². The zero-order chi connectivity index (χ0) is 29.1. The van der Waals surface area contributed by atoms with Crippen molar-refractivity contribution in [2.45, 2.75) is 49.6 Å². The Morgan fingerprint density at radius 1 is 1.12 bits per heavy atom. The number of aliphatic hydroxyl groups is 2. The number of phosphoric ester groups is 1. The number of aliphatic hydroxyl groups excluding tert-OH is 2. The maximum absolute atomic E-state index is 13.0. The standard InChI is InChI=1S/C20H25N10O10P/c1-36-19-12(32)13(18(39-19)30-6-26-11-16(30)27-20(22)28-17(11)33)40-41(34,35)37-3-8-7(31)2-9(38-8)29-5-25-10-14(21)23-4-24-15(10)29/h4-9,12-13,18-19,31-32H,2-3H2,1H3,(H,34,35)(H2,21,23,24)(H3,22,27,28,33)/t7?,8-,9-,12?,13?,18-,19+/m1/s1. The molecular formula is C20H25N10O10P. The van der Waals surface area contributed by atoms with Crippen LogP contribution < -0.4 is 17.0 Å². The molecule has 0 spiro atoms. The van der Waals surface area contributed by atoms with Gasteiger partial charge < -0.3 is 40.8 Å². The molecule has 20 nitrogen and oxygen atoms in total. The van der Waals surface area contributed by atoms with Crippen molar-refractivity contribution < 1.29 is 42.9 Å². The van der Waals surface area contributed by atoms with Crippen molar-refractivity contribution >= 4 is 41.9 Å². The molecule has 41 heavy (non-hydrogen) atoms. The number of aromatic amines is 1. The van der Waals surface area contributed by atoms with E-state index in [9.17, 15) is 24.5 Å². The smallest absolute Gasteiger partial charge is 0.390 e. The maximum atomic E-state index is 13.0. The molecule has 4 aromatic rings. The van der Waals surface area contributed by atoms with E-state index in [1.165, 1.54) is 30.7 Å². The van der Waals surface area contributed by atoms with E-state index in [-0.39, 0.29) is 29.4 Å². The van der Waals surface area contributed by atoms with Crippen LogP contribution in [-0.2, 0) is 27.8 Å². The Labute approximate surface area is 228 Å². The van der Waals surface area contributed by atoms with E-state index in [1.807, 2.05) is 0 Å². The number of hydrogen-bond acceptors (Lipinski definition) is 16. The number of ether oxygens (including phenoxy) is 3. The quantitative estimate of drug-likeness (QED) is 0.122. The van der Waals surface area contributed by atoms with E-state index in [0.29, 0.717) is 11.2 Å². The lowest BCUT2D eigenvalue weighted by Gasteiger charge is -2.24. The second-order valence-corrected chi connectivity index (χ2v) is 10.7. The molecule has 4 unspecified atom stereocenters. The molecule has 0 saturated carbocycles. The molecule has 6 heterocycles. The van der Waals surface area contributed by atoms with Crippen molar-refractivity contribution in [3.63, 3.8) is 0 Å². The third-order valence-corrected chi connectivity index (χ3v) is 7.67. The number of fused-ring (bicyclic) bond motifs is 2. The van der Waals surface area contributed by atoms with Gasteiger partial charge in [-0.15, -0.1) is 0 Å². The topological polar surface area (TPSA) is 283 Å². The van der Waals surface area contributed by atoms with Crippen LogP contribution in [0.1, 0.15) is 18.9 Å². The van der Waals surface area contributed by atoms with Crippen LogP contribution >= 0.6 is 7.82 Å². The van der Waals surface area contributed by atoms with Gasteiger partial charge in [0, 0.05) is 13.5 Å². The van der Waals surface area contributed by atoms with Crippen molar-refractivity contribution in [2.24, 2.45) is 0 Å². The highest BCUT2D eigenvalue weighted by molar-refractivity contribution is 7.47. The zero-order valence-electron chi connectivity index (χ0n) is 21.1. The largest absolute Gasteiger partial charge is 0.472 e. The highest BCUT2D eigenvalue weighted by Crippen LogP contribution is 2.50. The number of H-pyrrole nitrogens is 1. The number of methoxy groups -OCH3 is 1. The Morgan fingerprint density at radius 3 is 2.66 bits per heavy atom. The third kappa shape index (κ3) is 4.94. The molecule has 0 radical (unpaired) electrons. The normalized spacial score (nSPS) is 29.9. The van der Waals surface area contributed by atoms with Gasteiger partial charge in [0.2, 0.25) is 5.95 Å². The predicted octanol–water partition coefficient (Wildman–Crippen LogP) is -1.86. The number of nitrogens with zero attached hydrogens (tertiary/aromatic N) is 7. The fourth-order valence-corrected chi connectivity index (χ4v) is 5.68. The second-order valence-electron chi connectivity index (χ2n) is 9.25. The van der Waals surface area contributed by atoms with Gasteiger partial charge in [-0.1, -0.05) is 0 Å². The van der Waals surface area contributed by atoms with Crippen molar-refractivity contribution in [1.29, 1.82) is 0 Å². The zero-order valence-corrected chi connectivity index (χ0v) is 22.0. The van der Waals surface area contributed by atoms with Gasteiger partial charge in [-0.05, 0) is 0 Å². The summed E-state index contributed by atoms with van der Waals surface area (Å²) in [7, 11) is -3.68. The minimum atomic E-state index is -4.93. The molecule has 6 rings (SSSR count). The number of hydrogen-bond donors (Lipinski definition) is 6. The first-order valence-corrected chi connectivity index (χ1v) is 13.6. The van der Waals surface area contributed by atoms with Crippen molar-refractivity contribution in [2.75, 3.05) is 25.2 Å². The van der Waals surface area contributed by atoms with E-state index in [4.69, 9.17) is 34.7 Å². The van der Waals surface area contributed by atoms with Crippen LogP contribution in [-0.4, -0.2) is 98.6 Å². The lowest BCUT2D eigenvalue weighted by atomic mass is 10.2. The summed E-state index contributed by atoms with van der Waals surface area (Å²) in [6, 6.07) is 0. The van der Waals surface area contributed by atoms with Crippen LogP contribution in [0.2, 0.25) is 0 Å². The summed E-state index contributed by atoms with van der Waals surface area (Å²) in [6.07, 6.45) is -4.65. The average Bonchev–Trinajstić information content (AvgIpc) is 3.69. The van der Waals surface area contributed by atoms with Crippen LogP contribution in [0, 0.1) is 0 Å². The highest BCUT2D eigenvalue weighted by atomic mass is 31.2. The monoisotopic (exact) mass is 596 g/mol. The molecule has 8 atom stereocenters. The molecule has 2 saturated heterocycles. The molecule has 21 heteroatoms. The fourth-order valence-electron chi connectivity index (χ4n) is 4.75. The van der Waals surface area contributed by atoms with E-state index < -0.39 is 63.2 Å². The molecule has 0 aromatic carbocycles. The molecule has 0 amide bonds. The van der Waals surface area contributed by atoms with Crippen LogP contribution in [0.5, 0.6) is 0 Å². The van der Waals surface area contributed by atoms with Gasteiger partial charge in [-0.3, -0.25) is 28.0 Å². The first-order valence-electron chi connectivity index (χ1n) is 12.1. The van der Waals surface area contributed by atoms with Gasteiger partial charge >= 0.3 is 7.82 Å². The highest BCUT2D eigenvalue weighted by Gasteiger charge is 2.50. The summed E-state index contributed by atoms with van der Waals surface area (Å²) < 4.78 is 42.8. The van der Waals surface area contributed by atoms with Gasteiger partial charge in [-0.2, -0.15) is 4.98 Å². The van der Waals surface area contributed by atoms with Crippen LogP contribution in [0.15, 0.2) is 23.8 Å². The minimum Gasteiger partial charge on any atom is -0.390 e. The van der Waals surface area contributed by atoms with Crippen LogP contribution in [0.4, 0.5) is 11.8 Å². The summed E-state index contributed by atoms with van der Waals surface area (Å²) in [5, 5.41) is 21.3. The van der Waals surface area contributed by atoms with Crippen molar-refractivity contribution in [3.05, 3.63) is 29.3 Å². The fraction of sp³-hybridized carbons (Fsp3) is 0.500. The number of imidazole rings is 2. The Hall–Kier alpha value is -3.59. The summed E-state index contributed by atoms with van der Waals surface area (Å²) in [5.41, 5.74) is 11.4. The predicted molar refractivity (Wildman–Crippen MR) is 134 cm³/mol. The lowest BCUT2D eigenvalue weighted by Crippen LogP contribution is -2.34. The summed E-state index contributed by atoms with van der Waals surface area (Å²) >= 11 is 0. The number of rotatable bonds is 8. The van der Waals surface area contributed by atoms with Gasteiger partial charge in [0.25, 0.3) is 5.56 Å². The number of nitrogen functional groups attached to an aromatic ring is 2. The average molecular weight is 596 g/mol. The van der Waals surface area contributed by atoms with Gasteiger partial charge in [0.1, 0.15) is 36.4 Å². The summed E-state index contributed by atoms with van der Waals surface area (Å²) in [4.78, 5) is 45.2. The lowest BCUT2D eigenvalue weighted by molar-refractivity contribution is -0.160. The van der Waals surface area contributed by atoms with Gasteiger partial charge in [-0.25, -0.2) is 24.5 Å². The molecule has 2 aliphatic heterocycles.